The molecule has 1 aliphatic rings. The van der Waals surface area contributed by atoms with Crippen LogP contribution in [0.25, 0.3) is 0 Å². The first-order chi connectivity index (χ1) is 6.84. The molecule has 3 heteroatoms. The molecule has 1 fully saturated rings. The van der Waals surface area contributed by atoms with Crippen LogP contribution in [0, 0.1) is 0 Å². The Bertz CT molecular complexity index is 280. The van der Waals surface area contributed by atoms with Gasteiger partial charge in [0, 0.05) is 6.20 Å². The third-order valence-electron chi connectivity index (χ3n) is 2.60. The summed E-state index contributed by atoms with van der Waals surface area (Å²) in [5.41, 5.74) is 0.681. The summed E-state index contributed by atoms with van der Waals surface area (Å²) < 4.78 is 5.74. The van der Waals surface area contributed by atoms with Crippen LogP contribution in [0.3, 0.4) is 0 Å². The van der Waals surface area contributed by atoms with Gasteiger partial charge in [0.25, 0.3) is 0 Å². The van der Waals surface area contributed by atoms with Crippen LogP contribution in [0.5, 0.6) is 5.88 Å². The molecule has 2 rings (SSSR count). The second-order valence-electron chi connectivity index (χ2n) is 3.81. The van der Waals surface area contributed by atoms with Crippen LogP contribution in [-0.2, 0) is 0 Å². The van der Waals surface area contributed by atoms with Gasteiger partial charge in [0.1, 0.15) is 14.0 Å². The average molecular weight is 187 g/mol. The van der Waals surface area contributed by atoms with Gasteiger partial charge in [0.15, 0.2) is 0 Å². The van der Waals surface area contributed by atoms with Crippen LogP contribution in [-0.4, -0.2) is 18.9 Å². The van der Waals surface area contributed by atoms with Gasteiger partial charge >= 0.3 is 0 Å². The lowest BCUT2D eigenvalue weighted by molar-refractivity contribution is 0.149. The normalized spacial score (nSPS) is 18.0. The maximum atomic E-state index is 5.74. The van der Waals surface area contributed by atoms with Gasteiger partial charge in [-0.2, -0.15) is 0 Å². The zero-order valence-corrected chi connectivity index (χ0v) is 8.28. The predicted octanol–water partition coefficient (Wildman–Crippen LogP) is 1.59. The molecular formula is C11H14BNO. The van der Waals surface area contributed by atoms with Crippen molar-refractivity contribution in [1.29, 1.82) is 0 Å². The fourth-order valence-electron chi connectivity index (χ4n) is 1.82. The number of hydrogen-bond donors (Lipinski definition) is 0. The van der Waals surface area contributed by atoms with Crippen molar-refractivity contribution >= 4 is 13.3 Å². The zero-order valence-electron chi connectivity index (χ0n) is 8.28. The van der Waals surface area contributed by atoms with Gasteiger partial charge in [-0.15, -0.1) is 0 Å². The summed E-state index contributed by atoms with van der Waals surface area (Å²) in [5, 5.41) is 0. The Morgan fingerprint density at radius 1 is 1.21 bits per heavy atom. The SMILES string of the molecule is [B]c1ccc(OC2CCCCC2)nc1. The van der Waals surface area contributed by atoms with Crippen molar-refractivity contribution in [3.63, 3.8) is 0 Å². The first-order valence-electron chi connectivity index (χ1n) is 5.23. The van der Waals surface area contributed by atoms with E-state index in [0.29, 0.717) is 17.4 Å². The largest absolute Gasteiger partial charge is 0.474 e. The molecule has 1 saturated carbocycles. The maximum Gasteiger partial charge on any atom is 0.213 e. The van der Waals surface area contributed by atoms with Crippen LogP contribution < -0.4 is 10.2 Å². The topological polar surface area (TPSA) is 22.1 Å². The number of nitrogens with zero attached hydrogens (tertiary/aromatic N) is 1. The van der Waals surface area contributed by atoms with E-state index in [-0.39, 0.29) is 0 Å². The fraction of sp³-hybridized carbons (Fsp3) is 0.545. The minimum Gasteiger partial charge on any atom is -0.474 e. The quantitative estimate of drug-likeness (QED) is 0.656. The summed E-state index contributed by atoms with van der Waals surface area (Å²) in [6, 6.07) is 3.66. The molecule has 0 unspecified atom stereocenters. The molecular weight excluding hydrogens is 173 g/mol. The summed E-state index contributed by atoms with van der Waals surface area (Å²) in [6.45, 7) is 0. The summed E-state index contributed by atoms with van der Waals surface area (Å²) in [6.07, 6.45) is 8.21. The Kier molecular flexibility index (Phi) is 3.07. The van der Waals surface area contributed by atoms with Gasteiger partial charge in [-0.25, -0.2) is 4.98 Å². The minimum atomic E-state index is 0.361. The van der Waals surface area contributed by atoms with E-state index in [2.05, 4.69) is 4.98 Å². The van der Waals surface area contributed by atoms with Gasteiger partial charge in [0.05, 0.1) is 0 Å². The lowest BCUT2D eigenvalue weighted by atomic mass is 9.97. The second kappa shape index (κ2) is 4.49. The van der Waals surface area contributed by atoms with E-state index in [1.807, 2.05) is 12.1 Å². The molecule has 0 amide bonds. The predicted molar refractivity (Wildman–Crippen MR) is 57.1 cm³/mol. The van der Waals surface area contributed by atoms with E-state index < -0.39 is 0 Å². The van der Waals surface area contributed by atoms with Crippen LogP contribution in [0.1, 0.15) is 32.1 Å². The van der Waals surface area contributed by atoms with Gasteiger partial charge in [-0.3, -0.25) is 0 Å². The smallest absolute Gasteiger partial charge is 0.213 e. The van der Waals surface area contributed by atoms with Crippen LogP contribution in [0.15, 0.2) is 18.3 Å². The third-order valence-corrected chi connectivity index (χ3v) is 2.60. The molecule has 1 aromatic heterocycles. The van der Waals surface area contributed by atoms with Crippen molar-refractivity contribution in [2.75, 3.05) is 0 Å². The van der Waals surface area contributed by atoms with E-state index in [1.165, 1.54) is 19.3 Å². The van der Waals surface area contributed by atoms with Gasteiger partial charge in [0.2, 0.25) is 5.88 Å². The highest BCUT2D eigenvalue weighted by atomic mass is 16.5. The summed E-state index contributed by atoms with van der Waals surface area (Å²) in [4.78, 5) is 4.13. The van der Waals surface area contributed by atoms with E-state index in [9.17, 15) is 0 Å². The second-order valence-corrected chi connectivity index (χ2v) is 3.81. The van der Waals surface area contributed by atoms with Crippen LogP contribution >= 0.6 is 0 Å². The lowest BCUT2D eigenvalue weighted by Crippen LogP contribution is -2.20. The molecule has 0 aliphatic heterocycles. The van der Waals surface area contributed by atoms with E-state index in [4.69, 9.17) is 12.6 Å². The Hall–Kier alpha value is -0.985. The Labute approximate surface area is 86.1 Å². The highest BCUT2D eigenvalue weighted by molar-refractivity contribution is 6.32. The monoisotopic (exact) mass is 187 g/mol. The van der Waals surface area contributed by atoms with Gasteiger partial charge in [-0.1, -0.05) is 17.9 Å². The average Bonchev–Trinajstić information content (AvgIpc) is 2.23. The van der Waals surface area contributed by atoms with Crippen molar-refractivity contribution in [1.82, 2.24) is 4.98 Å². The lowest BCUT2D eigenvalue weighted by Gasteiger charge is -2.22. The highest BCUT2D eigenvalue weighted by Crippen LogP contribution is 2.21. The van der Waals surface area contributed by atoms with Crippen molar-refractivity contribution < 1.29 is 4.74 Å². The third kappa shape index (κ3) is 2.50. The molecule has 0 saturated heterocycles. The van der Waals surface area contributed by atoms with Crippen LogP contribution in [0.2, 0.25) is 0 Å². The van der Waals surface area contributed by atoms with Crippen molar-refractivity contribution in [2.24, 2.45) is 0 Å². The molecule has 1 aromatic rings. The first-order valence-corrected chi connectivity index (χ1v) is 5.23. The Morgan fingerprint density at radius 2 is 2.00 bits per heavy atom. The number of aromatic nitrogens is 1. The molecule has 0 atom stereocenters. The molecule has 2 nitrogen and oxygen atoms in total. The standard InChI is InChI=1S/C11H14BNO/c12-9-6-7-11(13-8-9)14-10-4-2-1-3-5-10/h6-8,10H,1-5H2. The zero-order chi connectivity index (χ0) is 9.80. The van der Waals surface area contributed by atoms with Gasteiger partial charge < -0.3 is 4.74 Å². The molecule has 0 aromatic carbocycles. The number of ether oxygens (including phenoxy) is 1. The molecule has 1 heterocycles. The van der Waals surface area contributed by atoms with Crippen molar-refractivity contribution in [3.05, 3.63) is 18.3 Å². The first kappa shape index (κ1) is 9.57. The van der Waals surface area contributed by atoms with Crippen molar-refractivity contribution in [2.45, 2.75) is 38.2 Å². The Morgan fingerprint density at radius 3 is 2.64 bits per heavy atom. The highest BCUT2D eigenvalue weighted by Gasteiger charge is 2.14. The summed E-state index contributed by atoms with van der Waals surface area (Å²) in [5.74, 6) is 0.700. The molecule has 2 radical (unpaired) electrons. The van der Waals surface area contributed by atoms with E-state index in [0.717, 1.165) is 12.8 Å². The van der Waals surface area contributed by atoms with E-state index >= 15 is 0 Å². The number of hydrogen-bond acceptors (Lipinski definition) is 2. The van der Waals surface area contributed by atoms with Crippen molar-refractivity contribution in [3.8, 4) is 5.88 Å². The fourth-order valence-corrected chi connectivity index (χ4v) is 1.82. The molecule has 0 spiro atoms. The molecule has 14 heavy (non-hydrogen) atoms. The summed E-state index contributed by atoms with van der Waals surface area (Å²) >= 11 is 0. The number of rotatable bonds is 2. The number of pyridine rings is 1. The van der Waals surface area contributed by atoms with Crippen LogP contribution in [0.4, 0.5) is 0 Å². The molecule has 0 bridgehead atoms. The minimum absolute atomic E-state index is 0.361. The molecule has 72 valence electrons. The molecule has 0 N–H and O–H groups in total. The Balaban J connectivity index is 1.92. The van der Waals surface area contributed by atoms with Gasteiger partial charge in [-0.05, 0) is 31.7 Å². The van der Waals surface area contributed by atoms with E-state index in [1.54, 1.807) is 6.20 Å². The summed E-state index contributed by atoms with van der Waals surface area (Å²) in [7, 11) is 5.54. The maximum absolute atomic E-state index is 5.74. The molecule has 1 aliphatic carbocycles.